The van der Waals surface area contributed by atoms with Gasteiger partial charge in [0.1, 0.15) is 0 Å². The molecule has 0 aliphatic rings. The first kappa shape index (κ1) is 17.6. The summed E-state index contributed by atoms with van der Waals surface area (Å²) in [6.45, 7) is 5.03. The topological polar surface area (TPSA) is 29.4 Å². The summed E-state index contributed by atoms with van der Waals surface area (Å²) in [6, 6.07) is 0. The van der Waals surface area contributed by atoms with Crippen LogP contribution in [0.4, 0.5) is 0 Å². The summed E-state index contributed by atoms with van der Waals surface area (Å²) in [5.74, 6) is 0.561. The van der Waals surface area contributed by atoms with E-state index in [1.165, 1.54) is 77.0 Å². The van der Waals surface area contributed by atoms with Gasteiger partial charge in [0.2, 0.25) is 0 Å². The van der Waals surface area contributed by atoms with Crippen molar-refractivity contribution < 1.29 is 0 Å². The quantitative estimate of drug-likeness (QED) is 0.273. The molecule has 0 N–H and O–H groups in total. The molecule has 0 spiro atoms. The number of rotatable bonds is 14. The van der Waals surface area contributed by atoms with Gasteiger partial charge in [-0.2, -0.15) is 4.91 Å². The van der Waals surface area contributed by atoms with Crippen LogP contribution in [0.3, 0.4) is 0 Å². The van der Waals surface area contributed by atoms with E-state index in [1.54, 1.807) is 0 Å². The average Bonchev–Trinajstić information content (AvgIpc) is 2.38. The molecule has 2 nitrogen and oxygen atoms in total. The molecule has 1 unspecified atom stereocenters. The van der Waals surface area contributed by atoms with Gasteiger partial charge in [0.25, 0.3) is 0 Å². The Morgan fingerprint density at radius 3 is 1.67 bits per heavy atom. The molecule has 0 aromatic carbocycles. The maximum atomic E-state index is 10.4. The van der Waals surface area contributed by atoms with Gasteiger partial charge in [-0.3, -0.25) is 0 Å². The third kappa shape index (κ3) is 12.1. The molecular formula is C16H33NO. The lowest BCUT2D eigenvalue weighted by Crippen LogP contribution is -2.04. The zero-order chi connectivity index (χ0) is 13.5. The summed E-state index contributed by atoms with van der Waals surface area (Å²) in [6.07, 6.45) is 15.7. The van der Waals surface area contributed by atoms with Gasteiger partial charge in [-0.25, -0.2) is 0 Å². The molecular weight excluding hydrogens is 222 g/mol. The van der Waals surface area contributed by atoms with Gasteiger partial charge in [0.05, 0.1) is 6.54 Å². The normalized spacial score (nSPS) is 12.6. The highest BCUT2D eigenvalue weighted by Gasteiger charge is 2.08. The average molecular weight is 255 g/mol. The van der Waals surface area contributed by atoms with E-state index in [-0.39, 0.29) is 0 Å². The summed E-state index contributed by atoms with van der Waals surface area (Å²) >= 11 is 0. The summed E-state index contributed by atoms with van der Waals surface area (Å²) in [5.41, 5.74) is 0. The molecule has 108 valence electrons. The van der Waals surface area contributed by atoms with Crippen molar-refractivity contribution in [2.24, 2.45) is 11.1 Å². The molecule has 0 aromatic heterocycles. The Morgan fingerprint density at radius 2 is 1.17 bits per heavy atom. The smallest absolute Gasteiger partial charge is 0.0839 e. The van der Waals surface area contributed by atoms with Crippen LogP contribution in [-0.4, -0.2) is 6.54 Å². The van der Waals surface area contributed by atoms with E-state index in [0.717, 1.165) is 0 Å². The molecule has 0 aliphatic heterocycles. The van der Waals surface area contributed by atoms with Crippen LogP contribution in [0.5, 0.6) is 0 Å². The second kappa shape index (κ2) is 14.7. The molecule has 0 saturated carbocycles. The molecule has 0 aliphatic carbocycles. The van der Waals surface area contributed by atoms with Gasteiger partial charge >= 0.3 is 0 Å². The van der Waals surface area contributed by atoms with Crippen molar-refractivity contribution in [1.82, 2.24) is 0 Å². The van der Waals surface area contributed by atoms with E-state index >= 15 is 0 Å². The van der Waals surface area contributed by atoms with Crippen LogP contribution in [0, 0.1) is 10.8 Å². The molecule has 18 heavy (non-hydrogen) atoms. The highest BCUT2D eigenvalue weighted by atomic mass is 16.3. The number of hydrogen-bond donors (Lipinski definition) is 0. The highest BCUT2D eigenvalue weighted by molar-refractivity contribution is 4.63. The maximum Gasteiger partial charge on any atom is 0.0839 e. The largest absolute Gasteiger partial charge is 0.151 e. The number of nitrogens with zero attached hydrogens (tertiary/aromatic N) is 1. The summed E-state index contributed by atoms with van der Waals surface area (Å²) in [7, 11) is 0. The lowest BCUT2D eigenvalue weighted by Gasteiger charge is -2.13. The third-order valence-corrected chi connectivity index (χ3v) is 3.76. The highest BCUT2D eigenvalue weighted by Crippen LogP contribution is 2.19. The van der Waals surface area contributed by atoms with E-state index in [0.29, 0.717) is 12.5 Å². The maximum absolute atomic E-state index is 10.4. The fourth-order valence-electron chi connectivity index (χ4n) is 2.51. The van der Waals surface area contributed by atoms with Gasteiger partial charge in [-0.05, 0) is 18.8 Å². The van der Waals surface area contributed by atoms with Gasteiger partial charge in [-0.1, -0.05) is 83.2 Å². The van der Waals surface area contributed by atoms with Crippen molar-refractivity contribution in [3.8, 4) is 0 Å². The molecule has 0 rings (SSSR count). The fourth-order valence-corrected chi connectivity index (χ4v) is 2.51. The van der Waals surface area contributed by atoms with Crippen LogP contribution in [0.25, 0.3) is 0 Å². The van der Waals surface area contributed by atoms with Crippen LogP contribution < -0.4 is 0 Å². The molecule has 0 bridgehead atoms. The third-order valence-electron chi connectivity index (χ3n) is 3.76. The molecule has 2 heteroatoms. The summed E-state index contributed by atoms with van der Waals surface area (Å²) in [5, 5.41) is 3.11. The number of unbranched alkanes of at least 4 members (excludes halogenated alkanes) is 8. The Balaban J connectivity index is 3.47. The molecule has 0 saturated heterocycles. The van der Waals surface area contributed by atoms with Crippen LogP contribution in [0.15, 0.2) is 5.18 Å². The van der Waals surface area contributed by atoms with Crippen LogP contribution in [-0.2, 0) is 0 Å². The first-order valence-corrected chi connectivity index (χ1v) is 8.14. The molecule has 0 heterocycles. The predicted molar refractivity (Wildman–Crippen MR) is 80.9 cm³/mol. The minimum absolute atomic E-state index is 0.543. The summed E-state index contributed by atoms with van der Waals surface area (Å²) in [4.78, 5) is 10.4. The molecule has 1 atom stereocenters. The fraction of sp³-hybridized carbons (Fsp3) is 1.00. The number of nitroso groups, excluding NO2 is 1. The van der Waals surface area contributed by atoms with Crippen molar-refractivity contribution in [3.63, 3.8) is 0 Å². The van der Waals surface area contributed by atoms with E-state index in [4.69, 9.17) is 0 Å². The van der Waals surface area contributed by atoms with Gasteiger partial charge in [0.15, 0.2) is 0 Å². The second-order valence-electron chi connectivity index (χ2n) is 5.58. The van der Waals surface area contributed by atoms with Crippen molar-refractivity contribution in [3.05, 3.63) is 4.91 Å². The minimum atomic E-state index is 0.543. The lowest BCUT2D eigenvalue weighted by atomic mass is 9.94. The van der Waals surface area contributed by atoms with Gasteiger partial charge < -0.3 is 0 Å². The molecule has 0 aromatic rings. The standard InChI is InChI=1S/C16H33NO/c1-3-5-7-9-10-12-14-16(15-17-18)13-11-8-6-4-2/h16H,3-15H2,1-2H3. The zero-order valence-corrected chi connectivity index (χ0v) is 12.6. The molecule has 0 radical (unpaired) electrons. The van der Waals surface area contributed by atoms with Crippen LogP contribution >= 0.6 is 0 Å². The van der Waals surface area contributed by atoms with Crippen LogP contribution in [0.2, 0.25) is 0 Å². The Bertz CT molecular complexity index is 170. The second-order valence-corrected chi connectivity index (χ2v) is 5.58. The minimum Gasteiger partial charge on any atom is -0.151 e. The van der Waals surface area contributed by atoms with Gasteiger partial charge in [-0.15, -0.1) is 0 Å². The van der Waals surface area contributed by atoms with E-state index in [9.17, 15) is 4.91 Å². The SMILES string of the molecule is CCCCCCCCC(CCCCCC)CN=O. The Labute approximate surface area is 114 Å². The van der Waals surface area contributed by atoms with Crippen molar-refractivity contribution in [1.29, 1.82) is 0 Å². The first-order chi connectivity index (χ1) is 8.85. The Hall–Kier alpha value is -0.400. The molecule has 0 amide bonds. The molecule has 0 fully saturated rings. The number of hydrogen-bond acceptors (Lipinski definition) is 2. The zero-order valence-electron chi connectivity index (χ0n) is 12.6. The van der Waals surface area contributed by atoms with E-state index in [1.807, 2.05) is 0 Å². The van der Waals surface area contributed by atoms with Crippen molar-refractivity contribution >= 4 is 0 Å². The Morgan fingerprint density at radius 1 is 0.722 bits per heavy atom. The summed E-state index contributed by atoms with van der Waals surface area (Å²) < 4.78 is 0. The first-order valence-electron chi connectivity index (χ1n) is 8.14. The monoisotopic (exact) mass is 255 g/mol. The Kier molecular flexibility index (Phi) is 14.3. The lowest BCUT2D eigenvalue weighted by molar-refractivity contribution is 0.412. The van der Waals surface area contributed by atoms with Crippen molar-refractivity contribution in [2.45, 2.75) is 90.9 Å². The van der Waals surface area contributed by atoms with Crippen molar-refractivity contribution in [2.75, 3.05) is 6.54 Å². The van der Waals surface area contributed by atoms with Crippen LogP contribution in [0.1, 0.15) is 90.9 Å². The van der Waals surface area contributed by atoms with E-state index < -0.39 is 0 Å². The van der Waals surface area contributed by atoms with Gasteiger partial charge in [0, 0.05) is 0 Å². The van der Waals surface area contributed by atoms with E-state index in [2.05, 4.69) is 19.0 Å². The predicted octanol–water partition coefficient (Wildman–Crippen LogP) is 6.09.